The molecule has 4 heteroatoms. The molecule has 104 valence electrons. The van der Waals surface area contributed by atoms with Crippen LogP contribution in [-0.4, -0.2) is 14.2 Å². The zero-order valence-electron chi connectivity index (χ0n) is 12.3. The van der Waals surface area contributed by atoms with Gasteiger partial charge in [-0.3, -0.25) is 9.36 Å². The highest BCUT2D eigenvalue weighted by Crippen LogP contribution is 2.10. The van der Waals surface area contributed by atoms with Gasteiger partial charge in [0.1, 0.15) is 11.3 Å². The number of aryl methyl sites for hydroxylation is 2. The lowest BCUT2D eigenvalue weighted by atomic mass is 10.3. The van der Waals surface area contributed by atoms with Crippen molar-refractivity contribution in [2.24, 2.45) is 0 Å². The molecule has 1 aromatic carbocycles. The van der Waals surface area contributed by atoms with Crippen molar-refractivity contribution in [2.45, 2.75) is 27.7 Å². The highest BCUT2D eigenvalue weighted by molar-refractivity contribution is 5.54. The van der Waals surface area contributed by atoms with Crippen molar-refractivity contribution < 1.29 is 0 Å². The topological polar surface area (TPSA) is 39.3 Å². The number of aromatic nitrogens is 3. The molecule has 0 saturated carbocycles. The Bertz CT molecular complexity index is 770. The molecule has 0 saturated heterocycles. The van der Waals surface area contributed by atoms with Crippen LogP contribution in [0.15, 0.2) is 47.4 Å². The van der Waals surface area contributed by atoms with Gasteiger partial charge in [0.15, 0.2) is 0 Å². The lowest BCUT2D eigenvalue weighted by molar-refractivity contribution is 0.776. The van der Waals surface area contributed by atoms with Gasteiger partial charge in [-0.1, -0.05) is 32.0 Å². The monoisotopic (exact) mass is 269 g/mol. The van der Waals surface area contributed by atoms with Crippen molar-refractivity contribution in [1.82, 2.24) is 14.2 Å². The molecule has 3 aromatic rings. The van der Waals surface area contributed by atoms with E-state index in [1.807, 2.05) is 70.3 Å². The molecule has 3 rings (SSSR count). The summed E-state index contributed by atoms with van der Waals surface area (Å²) in [6, 6.07) is 11.5. The lowest BCUT2D eigenvalue weighted by Gasteiger charge is -2.09. The van der Waals surface area contributed by atoms with E-state index < -0.39 is 0 Å². The summed E-state index contributed by atoms with van der Waals surface area (Å²) in [6.07, 6.45) is 1.81. The molecule has 0 amide bonds. The smallest absolute Gasteiger partial charge is 0.266 e. The average molecular weight is 269 g/mol. The van der Waals surface area contributed by atoms with Gasteiger partial charge in [0.2, 0.25) is 0 Å². The van der Waals surface area contributed by atoms with E-state index in [0.29, 0.717) is 11.3 Å². The van der Waals surface area contributed by atoms with Gasteiger partial charge < -0.3 is 0 Å². The largest absolute Gasteiger partial charge is 0.282 e. The predicted octanol–water partition coefficient (Wildman–Crippen LogP) is 3.13. The van der Waals surface area contributed by atoms with Crippen molar-refractivity contribution in [2.75, 3.05) is 0 Å². The molecule has 0 atom stereocenters. The Balaban J connectivity index is 0.000000704. The van der Waals surface area contributed by atoms with Gasteiger partial charge in [-0.2, -0.15) is 5.10 Å². The number of rotatable bonds is 1. The first-order valence-corrected chi connectivity index (χ1v) is 6.81. The van der Waals surface area contributed by atoms with Gasteiger partial charge >= 0.3 is 0 Å². The van der Waals surface area contributed by atoms with Gasteiger partial charge in [-0.05, 0) is 37.6 Å². The molecule has 2 aromatic heterocycles. The Morgan fingerprint density at radius 1 is 1.00 bits per heavy atom. The standard InChI is InChI=1S/C14H13N3O.C2H6/c1-10-8-9-16-13(10)14(18)17(11(2)15-16)12-6-4-3-5-7-12;1-2/h3-9H,1-2H3;1-2H3. The fourth-order valence-electron chi connectivity index (χ4n) is 2.20. The fraction of sp³-hybridized carbons (Fsp3) is 0.250. The Labute approximate surface area is 118 Å². The molecule has 0 aliphatic heterocycles. The van der Waals surface area contributed by atoms with E-state index in [4.69, 9.17) is 0 Å². The summed E-state index contributed by atoms with van der Waals surface area (Å²) in [7, 11) is 0. The van der Waals surface area contributed by atoms with Crippen molar-refractivity contribution in [1.29, 1.82) is 0 Å². The van der Waals surface area contributed by atoms with E-state index in [0.717, 1.165) is 11.3 Å². The summed E-state index contributed by atoms with van der Waals surface area (Å²) >= 11 is 0. The van der Waals surface area contributed by atoms with Gasteiger partial charge in [0.25, 0.3) is 5.56 Å². The zero-order chi connectivity index (χ0) is 14.7. The minimum absolute atomic E-state index is 0.0313. The lowest BCUT2D eigenvalue weighted by Crippen LogP contribution is -2.24. The van der Waals surface area contributed by atoms with Gasteiger partial charge in [-0.15, -0.1) is 0 Å². The highest BCUT2D eigenvalue weighted by Gasteiger charge is 2.11. The molecule has 0 fully saturated rings. The van der Waals surface area contributed by atoms with Crippen LogP contribution in [0, 0.1) is 13.8 Å². The number of nitrogens with zero attached hydrogens (tertiary/aromatic N) is 3. The van der Waals surface area contributed by atoms with Crippen LogP contribution in [0.5, 0.6) is 0 Å². The molecule has 0 aliphatic rings. The second-order valence-electron chi connectivity index (χ2n) is 4.32. The summed E-state index contributed by atoms with van der Waals surface area (Å²) in [6.45, 7) is 7.76. The highest BCUT2D eigenvalue weighted by atomic mass is 16.1. The average Bonchev–Trinajstić information content (AvgIpc) is 2.83. The molecule has 2 heterocycles. The first-order valence-electron chi connectivity index (χ1n) is 6.81. The Hall–Kier alpha value is -2.36. The van der Waals surface area contributed by atoms with E-state index in [2.05, 4.69) is 5.10 Å². The van der Waals surface area contributed by atoms with Gasteiger partial charge in [0.05, 0.1) is 5.69 Å². The maximum Gasteiger partial charge on any atom is 0.282 e. The minimum Gasteiger partial charge on any atom is -0.266 e. The first-order chi connectivity index (χ1) is 9.68. The quantitative estimate of drug-likeness (QED) is 0.681. The van der Waals surface area contributed by atoms with Crippen LogP contribution in [-0.2, 0) is 0 Å². The maximum absolute atomic E-state index is 12.5. The second kappa shape index (κ2) is 5.74. The number of fused-ring (bicyclic) bond motifs is 1. The number of benzene rings is 1. The summed E-state index contributed by atoms with van der Waals surface area (Å²) < 4.78 is 3.29. The summed E-state index contributed by atoms with van der Waals surface area (Å²) in [5, 5.41) is 4.41. The molecule has 0 bridgehead atoms. The van der Waals surface area contributed by atoms with E-state index in [9.17, 15) is 4.79 Å². The van der Waals surface area contributed by atoms with E-state index in [1.165, 1.54) is 0 Å². The Morgan fingerprint density at radius 2 is 1.65 bits per heavy atom. The van der Waals surface area contributed by atoms with Crippen molar-refractivity contribution >= 4 is 5.52 Å². The van der Waals surface area contributed by atoms with Crippen LogP contribution in [0.1, 0.15) is 25.2 Å². The molecular formula is C16H19N3O. The third-order valence-electron chi connectivity index (χ3n) is 3.06. The van der Waals surface area contributed by atoms with Crippen LogP contribution in [0.4, 0.5) is 0 Å². The normalized spacial score (nSPS) is 10.2. The van der Waals surface area contributed by atoms with Crippen molar-refractivity contribution in [3.05, 3.63) is 64.3 Å². The summed E-state index contributed by atoms with van der Waals surface area (Å²) in [5.74, 6) is 0.675. The van der Waals surface area contributed by atoms with E-state index >= 15 is 0 Å². The van der Waals surface area contributed by atoms with Crippen LogP contribution in [0.2, 0.25) is 0 Å². The third-order valence-corrected chi connectivity index (χ3v) is 3.06. The number of hydrogen-bond donors (Lipinski definition) is 0. The van der Waals surface area contributed by atoms with Crippen LogP contribution < -0.4 is 5.56 Å². The molecule has 0 radical (unpaired) electrons. The molecule has 4 nitrogen and oxygen atoms in total. The molecule has 0 spiro atoms. The molecule has 0 aliphatic carbocycles. The Kier molecular flexibility index (Phi) is 4.03. The zero-order valence-corrected chi connectivity index (χ0v) is 12.3. The summed E-state index contributed by atoms with van der Waals surface area (Å²) in [5.41, 5.74) is 2.38. The molecule has 20 heavy (non-hydrogen) atoms. The van der Waals surface area contributed by atoms with Gasteiger partial charge in [0, 0.05) is 6.20 Å². The van der Waals surface area contributed by atoms with Crippen LogP contribution in [0.25, 0.3) is 11.2 Å². The van der Waals surface area contributed by atoms with E-state index in [1.54, 1.807) is 9.08 Å². The minimum atomic E-state index is -0.0313. The van der Waals surface area contributed by atoms with Crippen LogP contribution >= 0.6 is 0 Å². The second-order valence-corrected chi connectivity index (χ2v) is 4.32. The van der Waals surface area contributed by atoms with Gasteiger partial charge in [-0.25, -0.2) is 4.52 Å². The number of hydrogen-bond acceptors (Lipinski definition) is 2. The fourth-order valence-corrected chi connectivity index (χ4v) is 2.20. The maximum atomic E-state index is 12.5. The van der Waals surface area contributed by atoms with Crippen molar-refractivity contribution in [3.63, 3.8) is 0 Å². The first kappa shape index (κ1) is 14.1. The van der Waals surface area contributed by atoms with E-state index in [-0.39, 0.29) is 5.56 Å². The molecule has 0 N–H and O–H groups in total. The molecular weight excluding hydrogens is 250 g/mol. The Morgan fingerprint density at radius 3 is 2.30 bits per heavy atom. The molecule has 0 unspecified atom stereocenters. The summed E-state index contributed by atoms with van der Waals surface area (Å²) in [4.78, 5) is 12.5. The number of para-hydroxylation sites is 1. The SMILES string of the molecule is CC.Cc1ccn2nc(C)n(-c3ccccc3)c(=O)c12. The van der Waals surface area contributed by atoms with Crippen LogP contribution in [0.3, 0.4) is 0 Å². The third kappa shape index (κ3) is 2.25. The predicted molar refractivity (Wildman–Crippen MR) is 81.6 cm³/mol. The van der Waals surface area contributed by atoms with Crippen molar-refractivity contribution in [3.8, 4) is 5.69 Å².